The molecular weight excluding hydrogens is 254 g/mol. The van der Waals surface area contributed by atoms with Gasteiger partial charge in [-0.2, -0.15) is 0 Å². The van der Waals surface area contributed by atoms with Crippen LogP contribution in [-0.2, 0) is 0 Å². The Morgan fingerprint density at radius 3 is 2.35 bits per heavy atom. The van der Waals surface area contributed by atoms with Crippen molar-refractivity contribution in [1.82, 2.24) is 0 Å². The molecule has 0 saturated carbocycles. The van der Waals surface area contributed by atoms with Crippen molar-refractivity contribution in [2.75, 3.05) is 11.9 Å². The van der Waals surface area contributed by atoms with E-state index in [0.717, 1.165) is 0 Å². The molecule has 0 aliphatic rings. The molecule has 0 aliphatic carbocycles. The van der Waals surface area contributed by atoms with Crippen LogP contribution in [0.5, 0.6) is 5.75 Å². The van der Waals surface area contributed by atoms with Gasteiger partial charge >= 0.3 is 6.09 Å². The molecule has 0 fully saturated rings. The predicted octanol–water partition coefficient (Wildman–Crippen LogP) is 2.61. The number of nitrogen functional groups attached to an aromatic ring is 1. The fourth-order valence-electron chi connectivity index (χ4n) is 1.75. The standard InChI is InChI=1S/C15H15N3O2/c1-18(13-10-6-5-9-12(13)14(16)17)15(19)20-11-7-3-2-4-8-11/h2-10H,1H3,(H3,16,17). The van der Waals surface area contributed by atoms with Crippen LogP contribution >= 0.6 is 0 Å². The summed E-state index contributed by atoms with van der Waals surface area (Å²) < 4.78 is 5.24. The average Bonchev–Trinajstić information content (AvgIpc) is 2.47. The van der Waals surface area contributed by atoms with E-state index in [9.17, 15) is 4.79 Å². The van der Waals surface area contributed by atoms with Crippen LogP contribution in [0.15, 0.2) is 54.6 Å². The number of hydrogen-bond acceptors (Lipinski definition) is 3. The van der Waals surface area contributed by atoms with E-state index in [2.05, 4.69) is 0 Å². The summed E-state index contributed by atoms with van der Waals surface area (Å²) in [5.74, 6) is 0.365. The summed E-state index contributed by atoms with van der Waals surface area (Å²) in [7, 11) is 1.58. The molecule has 0 aromatic heterocycles. The molecule has 2 rings (SSSR count). The number of benzene rings is 2. The van der Waals surface area contributed by atoms with Gasteiger partial charge in [0, 0.05) is 12.6 Å². The normalized spacial score (nSPS) is 9.85. The third-order valence-electron chi connectivity index (χ3n) is 2.78. The maximum atomic E-state index is 12.1. The minimum Gasteiger partial charge on any atom is -0.410 e. The number of rotatable bonds is 3. The second-order valence-electron chi connectivity index (χ2n) is 4.17. The second kappa shape index (κ2) is 5.88. The van der Waals surface area contributed by atoms with Gasteiger partial charge in [-0.3, -0.25) is 10.3 Å². The van der Waals surface area contributed by atoms with Gasteiger partial charge in [0.2, 0.25) is 0 Å². The zero-order valence-corrected chi connectivity index (χ0v) is 11.0. The average molecular weight is 269 g/mol. The Morgan fingerprint density at radius 2 is 1.70 bits per heavy atom. The van der Waals surface area contributed by atoms with Gasteiger partial charge in [0.25, 0.3) is 0 Å². The van der Waals surface area contributed by atoms with E-state index in [-0.39, 0.29) is 5.84 Å². The highest BCUT2D eigenvalue weighted by molar-refractivity contribution is 6.04. The van der Waals surface area contributed by atoms with Gasteiger partial charge in [-0.05, 0) is 24.3 Å². The van der Waals surface area contributed by atoms with Gasteiger partial charge < -0.3 is 10.5 Å². The second-order valence-corrected chi connectivity index (χ2v) is 4.17. The van der Waals surface area contributed by atoms with Gasteiger partial charge in [-0.1, -0.05) is 30.3 Å². The maximum absolute atomic E-state index is 12.1. The third kappa shape index (κ3) is 2.95. The van der Waals surface area contributed by atoms with Crippen LogP contribution in [0.25, 0.3) is 0 Å². The number of amidine groups is 1. The van der Waals surface area contributed by atoms with Crippen LogP contribution in [-0.4, -0.2) is 19.0 Å². The van der Waals surface area contributed by atoms with Crippen LogP contribution in [0, 0.1) is 5.41 Å². The molecule has 0 atom stereocenters. The smallest absolute Gasteiger partial charge is 0.410 e. The number of para-hydroxylation sites is 2. The lowest BCUT2D eigenvalue weighted by atomic mass is 10.1. The van der Waals surface area contributed by atoms with Crippen molar-refractivity contribution in [2.45, 2.75) is 0 Å². The molecule has 102 valence electrons. The first-order chi connectivity index (χ1) is 9.59. The number of ether oxygens (including phenoxy) is 1. The number of nitrogens with two attached hydrogens (primary N) is 1. The monoisotopic (exact) mass is 269 g/mol. The summed E-state index contributed by atoms with van der Waals surface area (Å²) >= 11 is 0. The Morgan fingerprint density at radius 1 is 1.10 bits per heavy atom. The molecule has 0 bridgehead atoms. The summed E-state index contributed by atoms with van der Waals surface area (Å²) in [5.41, 5.74) is 6.52. The Balaban J connectivity index is 2.21. The molecule has 0 aliphatic heterocycles. The molecule has 20 heavy (non-hydrogen) atoms. The molecule has 0 spiro atoms. The summed E-state index contributed by atoms with van der Waals surface area (Å²) in [6.45, 7) is 0. The molecule has 3 N–H and O–H groups in total. The maximum Gasteiger partial charge on any atom is 0.419 e. The van der Waals surface area contributed by atoms with E-state index in [1.54, 1.807) is 55.6 Å². The minimum absolute atomic E-state index is 0.0973. The van der Waals surface area contributed by atoms with Crippen LogP contribution in [0.4, 0.5) is 10.5 Å². The Kier molecular flexibility index (Phi) is 4.00. The van der Waals surface area contributed by atoms with Gasteiger partial charge in [0.05, 0.1) is 5.69 Å². The summed E-state index contributed by atoms with van der Waals surface area (Å²) in [6, 6.07) is 15.7. The van der Waals surface area contributed by atoms with Crippen molar-refractivity contribution in [1.29, 1.82) is 5.41 Å². The Hall–Kier alpha value is -2.82. The van der Waals surface area contributed by atoms with Crippen molar-refractivity contribution in [3.63, 3.8) is 0 Å². The number of hydrogen-bond donors (Lipinski definition) is 2. The molecule has 2 aromatic carbocycles. The topological polar surface area (TPSA) is 79.4 Å². The van der Waals surface area contributed by atoms with Crippen molar-refractivity contribution < 1.29 is 9.53 Å². The molecule has 0 unspecified atom stereocenters. The van der Waals surface area contributed by atoms with E-state index >= 15 is 0 Å². The third-order valence-corrected chi connectivity index (χ3v) is 2.78. The largest absolute Gasteiger partial charge is 0.419 e. The molecule has 0 heterocycles. The highest BCUT2D eigenvalue weighted by Gasteiger charge is 2.17. The molecule has 1 amide bonds. The van der Waals surface area contributed by atoms with E-state index in [0.29, 0.717) is 17.0 Å². The van der Waals surface area contributed by atoms with Gasteiger partial charge in [0.1, 0.15) is 11.6 Å². The van der Waals surface area contributed by atoms with E-state index in [1.807, 2.05) is 6.07 Å². The Bertz CT molecular complexity index is 626. The van der Waals surface area contributed by atoms with Crippen molar-refractivity contribution in [3.05, 3.63) is 60.2 Å². The predicted molar refractivity (Wildman–Crippen MR) is 78.3 cm³/mol. The number of carbonyl (C=O) groups excluding carboxylic acids is 1. The van der Waals surface area contributed by atoms with Gasteiger partial charge in [-0.15, -0.1) is 0 Å². The molecule has 5 nitrogen and oxygen atoms in total. The van der Waals surface area contributed by atoms with Crippen molar-refractivity contribution in [2.24, 2.45) is 5.73 Å². The zero-order valence-electron chi connectivity index (χ0n) is 11.0. The lowest BCUT2D eigenvalue weighted by Crippen LogP contribution is -2.31. The summed E-state index contributed by atoms with van der Waals surface area (Å²) in [4.78, 5) is 13.4. The van der Waals surface area contributed by atoms with Gasteiger partial charge in [-0.25, -0.2) is 4.79 Å². The highest BCUT2D eigenvalue weighted by atomic mass is 16.6. The molecule has 2 aromatic rings. The number of nitrogens with one attached hydrogen (secondary N) is 1. The van der Waals surface area contributed by atoms with Crippen LogP contribution in [0.1, 0.15) is 5.56 Å². The van der Waals surface area contributed by atoms with Crippen molar-refractivity contribution >= 4 is 17.6 Å². The Labute approximate surface area is 117 Å². The fourth-order valence-corrected chi connectivity index (χ4v) is 1.75. The summed E-state index contributed by atoms with van der Waals surface area (Å²) in [5, 5.41) is 7.53. The SMILES string of the molecule is CN(C(=O)Oc1ccccc1)c1ccccc1C(=N)N. The van der Waals surface area contributed by atoms with Crippen LogP contribution in [0.2, 0.25) is 0 Å². The quantitative estimate of drug-likeness (QED) is 0.664. The van der Waals surface area contributed by atoms with E-state index in [4.69, 9.17) is 15.9 Å². The minimum atomic E-state index is -0.537. The van der Waals surface area contributed by atoms with E-state index < -0.39 is 6.09 Å². The van der Waals surface area contributed by atoms with Crippen molar-refractivity contribution in [3.8, 4) is 5.75 Å². The molecule has 5 heteroatoms. The van der Waals surface area contributed by atoms with Crippen LogP contribution in [0.3, 0.4) is 0 Å². The van der Waals surface area contributed by atoms with Crippen LogP contribution < -0.4 is 15.4 Å². The number of anilines is 1. The lowest BCUT2D eigenvalue weighted by Gasteiger charge is -2.19. The highest BCUT2D eigenvalue weighted by Crippen LogP contribution is 2.20. The number of carbonyl (C=O) groups is 1. The number of amides is 1. The fraction of sp³-hybridized carbons (Fsp3) is 0.0667. The zero-order chi connectivity index (χ0) is 14.5. The molecule has 0 saturated heterocycles. The van der Waals surface area contributed by atoms with E-state index in [1.165, 1.54) is 4.90 Å². The first-order valence-corrected chi connectivity index (χ1v) is 6.03. The molecule has 0 radical (unpaired) electrons. The molecular formula is C15H15N3O2. The summed E-state index contributed by atoms with van der Waals surface area (Å²) in [6.07, 6.45) is -0.537. The van der Waals surface area contributed by atoms with Gasteiger partial charge in [0.15, 0.2) is 0 Å². The first kappa shape index (κ1) is 13.6. The number of nitrogens with zero attached hydrogens (tertiary/aromatic N) is 1. The first-order valence-electron chi connectivity index (χ1n) is 6.03. The lowest BCUT2D eigenvalue weighted by molar-refractivity contribution is 0.209.